The van der Waals surface area contributed by atoms with Crippen LogP contribution >= 0.6 is 0 Å². The maximum absolute atomic E-state index is 11.4. The number of rotatable bonds is 2. The van der Waals surface area contributed by atoms with Crippen molar-refractivity contribution in [1.82, 2.24) is 10.2 Å². The van der Waals surface area contributed by atoms with Crippen LogP contribution in [-0.4, -0.2) is 41.8 Å². The molecule has 88 valence electrons. The van der Waals surface area contributed by atoms with Crippen LogP contribution in [0, 0.1) is 0 Å². The zero-order chi connectivity index (χ0) is 11.6. The summed E-state index contributed by atoms with van der Waals surface area (Å²) in [6.07, 6.45) is -0.309. The molecule has 1 aliphatic rings. The maximum atomic E-state index is 11.4. The van der Waals surface area contributed by atoms with Crippen LogP contribution < -0.4 is 5.32 Å². The van der Waals surface area contributed by atoms with E-state index in [1.165, 1.54) is 0 Å². The first kappa shape index (κ1) is 12.3. The van der Waals surface area contributed by atoms with Gasteiger partial charge in [0.2, 0.25) is 0 Å². The van der Waals surface area contributed by atoms with E-state index in [4.69, 9.17) is 4.74 Å². The number of nitrogens with one attached hydrogen (secondary N) is 1. The van der Waals surface area contributed by atoms with E-state index in [0.29, 0.717) is 6.04 Å². The molecular formula is C11H22N2O2. The van der Waals surface area contributed by atoms with Crippen LogP contribution in [0.2, 0.25) is 0 Å². The summed E-state index contributed by atoms with van der Waals surface area (Å²) in [6, 6.07) is 0.809. The Bertz CT molecular complexity index is 227. The largest absolute Gasteiger partial charge is 0.444 e. The third-order valence-electron chi connectivity index (χ3n) is 2.36. The Morgan fingerprint density at radius 1 is 1.40 bits per heavy atom. The molecule has 0 saturated carbocycles. The summed E-state index contributed by atoms with van der Waals surface area (Å²) in [5.74, 6) is 0. The Kier molecular flexibility index (Phi) is 3.60. The van der Waals surface area contributed by atoms with E-state index in [2.05, 4.69) is 24.1 Å². The number of carbonyl (C=O) groups excluding carboxylic acids is 1. The predicted octanol–water partition coefficient (Wildman–Crippen LogP) is 1.60. The molecule has 1 saturated heterocycles. The average molecular weight is 214 g/mol. The fourth-order valence-electron chi connectivity index (χ4n) is 1.50. The quantitative estimate of drug-likeness (QED) is 0.759. The lowest BCUT2D eigenvalue weighted by molar-refractivity contribution is 0.0354. The minimum atomic E-state index is -0.411. The normalized spacial score (nSPS) is 18.8. The Balaban J connectivity index is 2.19. The average Bonchev–Trinajstić information content (AvgIpc) is 1.91. The summed E-state index contributed by atoms with van der Waals surface area (Å²) in [7, 11) is 0. The molecular weight excluding hydrogens is 192 g/mol. The fraction of sp³-hybridized carbons (Fsp3) is 0.909. The van der Waals surface area contributed by atoms with Gasteiger partial charge in [-0.15, -0.1) is 0 Å². The second-order valence-electron chi connectivity index (χ2n) is 5.39. The summed E-state index contributed by atoms with van der Waals surface area (Å²) < 4.78 is 5.17. The zero-order valence-corrected chi connectivity index (χ0v) is 10.3. The van der Waals surface area contributed by atoms with Gasteiger partial charge in [-0.05, 0) is 34.6 Å². The highest BCUT2D eigenvalue weighted by Gasteiger charge is 2.30. The summed E-state index contributed by atoms with van der Waals surface area (Å²) >= 11 is 0. The highest BCUT2D eigenvalue weighted by Crippen LogP contribution is 2.13. The van der Waals surface area contributed by atoms with Crippen LogP contribution in [0.25, 0.3) is 0 Å². The minimum Gasteiger partial charge on any atom is -0.444 e. The first-order valence-electron chi connectivity index (χ1n) is 5.51. The van der Waals surface area contributed by atoms with Gasteiger partial charge < -0.3 is 10.1 Å². The summed E-state index contributed by atoms with van der Waals surface area (Å²) in [5, 5.41) is 2.85. The van der Waals surface area contributed by atoms with E-state index in [9.17, 15) is 4.79 Å². The standard InChI is InChI=1S/C11H22N2O2/c1-8(2)13-6-9(7-13)12-10(14)15-11(3,4)5/h8-9H,6-7H2,1-5H3,(H,12,14). The Morgan fingerprint density at radius 3 is 2.33 bits per heavy atom. The fourth-order valence-corrected chi connectivity index (χ4v) is 1.50. The van der Waals surface area contributed by atoms with Crippen molar-refractivity contribution in [2.24, 2.45) is 0 Å². The Hall–Kier alpha value is -0.770. The smallest absolute Gasteiger partial charge is 0.407 e. The molecule has 0 spiro atoms. The van der Waals surface area contributed by atoms with Crippen molar-refractivity contribution in [3.63, 3.8) is 0 Å². The van der Waals surface area contributed by atoms with Crippen LogP contribution in [0.5, 0.6) is 0 Å². The Morgan fingerprint density at radius 2 is 1.93 bits per heavy atom. The van der Waals surface area contributed by atoms with Crippen LogP contribution in [0.15, 0.2) is 0 Å². The van der Waals surface area contributed by atoms with Gasteiger partial charge in [-0.2, -0.15) is 0 Å². The number of likely N-dealkylation sites (tertiary alicyclic amines) is 1. The summed E-state index contributed by atoms with van der Waals surface area (Å²) in [5.41, 5.74) is -0.411. The van der Waals surface area contributed by atoms with Crippen molar-refractivity contribution >= 4 is 6.09 Å². The molecule has 15 heavy (non-hydrogen) atoms. The molecule has 0 unspecified atom stereocenters. The first-order chi connectivity index (χ1) is 6.78. The highest BCUT2D eigenvalue weighted by atomic mass is 16.6. The van der Waals surface area contributed by atoms with Gasteiger partial charge in [0, 0.05) is 19.1 Å². The van der Waals surface area contributed by atoms with E-state index in [1.807, 2.05) is 20.8 Å². The molecule has 1 aliphatic heterocycles. The van der Waals surface area contributed by atoms with Gasteiger partial charge >= 0.3 is 6.09 Å². The molecule has 0 aliphatic carbocycles. The summed E-state index contributed by atoms with van der Waals surface area (Å²) in [6.45, 7) is 11.8. The molecule has 0 aromatic rings. The monoisotopic (exact) mass is 214 g/mol. The number of carbonyl (C=O) groups is 1. The third-order valence-corrected chi connectivity index (χ3v) is 2.36. The molecule has 1 fully saturated rings. The van der Waals surface area contributed by atoms with Crippen LogP contribution in [0.4, 0.5) is 4.79 Å². The number of ether oxygens (including phenoxy) is 1. The maximum Gasteiger partial charge on any atom is 0.407 e. The number of hydrogen-bond acceptors (Lipinski definition) is 3. The van der Waals surface area contributed by atoms with Gasteiger partial charge in [-0.25, -0.2) is 4.79 Å². The molecule has 0 radical (unpaired) electrons. The highest BCUT2D eigenvalue weighted by molar-refractivity contribution is 5.68. The molecule has 1 heterocycles. The second-order valence-corrected chi connectivity index (χ2v) is 5.39. The molecule has 1 N–H and O–H groups in total. The Labute approximate surface area is 92.0 Å². The molecule has 4 nitrogen and oxygen atoms in total. The number of amides is 1. The third kappa shape index (κ3) is 4.08. The van der Waals surface area contributed by atoms with E-state index in [1.54, 1.807) is 0 Å². The first-order valence-corrected chi connectivity index (χ1v) is 5.51. The molecule has 0 bridgehead atoms. The van der Waals surface area contributed by atoms with Gasteiger partial charge in [-0.1, -0.05) is 0 Å². The zero-order valence-electron chi connectivity index (χ0n) is 10.3. The molecule has 4 heteroatoms. The number of hydrogen-bond donors (Lipinski definition) is 1. The number of alkyl carbamates (subject to hydrolysis) is 1. The number of nitrogens with zero attached hydrogens (tertiary/aromatic N) is 1. The van der Waals surface area contributed by atoms with Crippen LogP contribution in [0.3, 0.4) is 0 Å². The molecule has 0 aromatic carbocycles. The van der Waals surface area contributed by atoms with Gasteiger partial charge in [0.05, 0.1) is 6.04 Å². The lowest BCUT2D eigenvalue weighted by Gasteiger charge is -2.42. The summed E-state index contributed by atoms with van der Waals surface area (Å²) in [4.78, 5) is 13.7. The van der Waals surface area contributed by atoms with E-state index in [-0.39, 0.29) is 12.1 Å². The van der Waals surface area contributed by atoms with E-state index < -0.39 is 5.60 Å². The topological polar surface area (TPSA) is 41.6 Å². The minimum absolute atomic E-state index is 0.252. The van der Waals surface area contributed by atoms with Crippen molar-refractivity contribution in [3.05, 3.63) is 0 Å². The van der Waals surface area contributed by atoms with Crippen molar-refractivity contribution < 1.29 is 9.53 Å². The van der Waals surface area contributed by atoms with Crippen LogP contribution in [-0.2, 0) is 4.74 Å². The lowest BCUT2D eigenvalue weighted by atomic mass is 10.1. The lowest BCUT2D eigenvalue weighted by Crippen LogP contribution is -2.61. The van der Waals surface area contributed by atoms with Crippen molar-refractivity contribution in [2.75, 3.05) is 13.1 Å². The predicted molar refractivity (Wildman–Crippen MR) is 59.9 cm³/mol. The molecule has 0 atom stereocenters. The van der Waals surface area contributed by atoms with Crippen molar-refractivity contribution in [2.45, 2.75) is 52.3 Å². The van der Waals surface area contributed by atoms with Gasteiger partial charge in [0.1, 0.15) is 5.60 Å². The van der Waals surface area contributed by atoms with Crippen LogP contribution in [0.1, 0.15) is 34.6 Å². The van der Waals surface area contributed by atoms with E-state index in [0.717, 1.165) is 13.1 Å². The second kappa shape index (κ2) is 4.39. The van der Waals surface area contributed by atoms with Crippen molar-refractivity contribution in [1.29, 1.82) is 0 Å². The van der Waals surface area contributed by atoms with Gasteiger partial charge in [0.15, 0.2) is 0 Å². The molecule has 1 amide bonds. The van der Waals surface area contributed by atoms with Gasteiger partial charge in [-0.3, -0.25) is 4.90 Å². The van der Waals surface area contributed by atoms with Gasteiger partial charge in [0.25, 0.3) is 0 Å². The molecule has 1 rings (SSSR count). The SMILES string of the molecule is CC(C)N1CC(NC(=O)OC(C)(C)C)C1. The van der Waals surface area contributed by atoms with Crippen molar-refractivity contribution in [3.8, 4) is 0 Å². The molecule has 0 aromatic heterocycles. The van der Waals surface area contributed by atoms with E-state index >= 15 is 0 Å².